The minimum absolute atomic E-state index is 0.111. The molecule has 1 N–H and O–H groups in total. The maximum absolute atomic E-state index is 12.5. The van der Waals surface area contributed by atoms with Crippen LogP contribution < -0.4 is 14.8 Å². The first kappa shape index (κ1) is 17.5. The molecule has 0 atom stereocenters. The van der Waals surface area contributed by atoms with Crippen LogP contribution in [0.4, 0.5) is 5.13 Å². The van der Waals surface area contributed by atoms with Crippen molar-refractivity contribution in [1.29, 1.82) is 0 Å². The van der Waals surface area contributed by atoms with Gasteiger partial charge in [0.1, 0.15) is 0 Å². The molecule has 0 fully saturated rings. The van der Waals surface area contributed by atoms with E-state index in [1.54, 1.807) is 20.3 Å². The highest BCUT2D eigenvalue weighted by Crippen LogP contribution is 2.37. The minimum Gasteiger partial charge on any atom is -0.493 e. The Labute approximate surface area is 161 Å². The average Bonchev–Trinajstić information content (AvgIpc) is 3.24. The molecule has 1 aliphatic carbocycles. The van der Waals surface area contributed by atoms with Crippen LogP contribution >= 0.6 is 11.3 Å². The molecule has 0 bridgehead atoms. The molecular weight excluding hydrogens is 364 g/mol. The predicted molar refractivity (Wildman–Crippen MR) is 104 cm³/mol. The van der Waals surface area contributed by atoms with Crippen molar-refractivity contribution in [3.63, 3.8) is 0 Å². The minimum atomic E-state index is -0.111. The molecule has 0 aliphatic heterocycles. The highest BCUT2D eigenvalue weighted by molar-refractivity contribution is 7.16. The van der Waals surface area contributed by atoms with E-state index in [0.29, 0.717) is 16.6 Å². The summed E-state index contributed by atoms with van der Waals surface area (Å²) in [4.78, 5) is 18.3. The number of thiazole rings is 1. The Morgan fingerprint density at radius 1 is 1.26 bits per heavy atom. The van der Waals surface area contributed by atoms with Gasteiger partial charge in [0.05, 0.1) is 32.5 Å². The summed E-state index contributed by atoms with van der Waals surface area (Å²) in [5.74, 6) is 1.14. The van der Waals surface area contributed by atoms with Gasteiger partial charge in [-0.15, -0.1) is 11.3 Å². The van der Waals surface area contributed by atoms with Gasteiger partial charge in [0, 0.05) is 23.2 Å². The lowest BCUT2D eigenvalue weighted by Gasteiger charge is -2.10. The van der Waals surface area contributed by atoms with E-state index < -0.39 is 0 Å². The Balaban J connectivity index is 1.49. The largest absolute Gasteiger partial charge is 0.493 e. The van der Waals surface area contributed by atoms with Crippen LogP contribution in [-0.4, -0.2) is 34.9 Å². The molecule has 1 aliphatic rings. The van der Waals surface area contributed by atoms with E-state index in [4.69, 9.17) is 9.47 Å². The van der Waals surface area contributed by atoms with Gasteiger partial charge in [-0.1, -0.05) is 6.07 Å². The zero-order valence-corrected chi connectivity index (χ0v) is 16.2. The Hall–Kier alpha value is -2.87. The molecule has 0 unspecified atom stereocenters. The van der Waals surface area contributed by atoms with Gasteiger partial charge in [-0.05, 0) is 30.5 Å². The molecule has 27 heavy (non-hydrogen) atoms. The number of hydrogen-bond acceptors (Lipinski definition) is 6. The summed E-state index contributed by atoms with van der Waals surface area (Å²) < 4.78 is 12.4. The summed E-state index contributed by atoms with van der Waals surface area (Å²) in [7, 11) is 5.11. The maximum Gasteiger partial charge on any atom is 0.230 e. The van der Waals surface area contributed by atoms with Crippen LogP contribution in [0.3, 0.4) is 0 Å². The van der Waals surface area contributed by atoms with Crippen LogP contribution in [0.2, 0.25) is 0 Å². The number of hydrogen-bond donors (Lipinski definition) is 1. The Kier molecular flexibility index (Phi) is 4.57. The second-order valence-corrected chi connectivity index (χ2v) is 7.42. The highest BCUT2D eigenvalue weighted by Gasteiger charge is 2.24. The molecule has 1 aromatic carbocycles. The number of amides is 1. The van der Waals surface area contributed by atoms with Gasteiger partial charge in [-0.25, -0.2) is 4.98 Å². The van der Waals surface area contributed by atoms with Gasteiger partial charge in [-0.2, -0.15) is 5.10 Å². The lowest BCUT2D eigenvalue weighted by atomic mass is 10.0. The third-order valence-corrected chi connectivity index (χ3v) is 5.69. The monoisotopic (exact) mass is 384 g/mol. The van der Waals surface area contributed by atoms with Crippen LogP contribution in [-0.2, 0) is 31.1 Å². The average molecular weight is 384 g/mol. The number of carbonyl (C=O) groups excluding carboxylic acids is 1. The van der Waals surface area contributed by atoms with E-state index in [9.17, 15) is 4.79 Å². The first-order valence-corrected chi connectivity index (χ1v) is 9.42. The number of benzene rings is 1. The molecule has 0 saturated carbocycles. The van der Waals surface area contributed by atoms with Gasteiger partial charge >= 0.3 is 0 Å². The van der Waals surface area contributed by atoms with E-state index in [1.165, 1.54) is 21.9 Å². The molecule has 3 aromatic rings. The first-order chi connectivity index (χ1) is 13.1. The van der Waals surface area contributed by atoms with Crippen molar-refractivity contribution >= 4 is 22.4 Å². The lowest BCUT2D eigenvalue weighted by molar-refractivity contribution is -0.115. The number of nitrogens with zero attached hydrogens (tertiary/aromatic N) is 3. The number of aromatic nitrogens is 3. The van der Waals surface area contributed by atoms with E-state index in [2.05, 4.69) is 15.4 Å². The number of anilines is 1. The first-order valence-electron chi connectivity index (χ1n) is 8.60. The fourth-order valence-corrected chi connectivity index (χ4v) is 4.31. The number of nitrogens with one attached hydrogen (secondary N) is 1. The second-order valence-electron chi connectivity index (χ2n) is 6.33. The summed E-state index contributed by atoms with van der Waals surface area (Å²) in [5, 5.41) is 7.87. The number of carbonyl (C=O) groups is 1. The van der Waals surface area contributed by atoms with Gasteiger partial charge in [0.15, 0.2) is 16.6 Å². The third-order valence-electron chi connectivity index (χ3n) is 4.66. The number of fused-ring (bicyclic) bond motifs is 3. The van der Waals surface area contributed by atoms with Crippen LogP contribution in [0, 0.1) is 0 Å². The molecule has 0 radical (unpaired) electrons. The van der Waals surface area contributed by atoms with Crippen LogP contribution in [0.25, 0.3) is 11.3 Å². The van der Waals surface area contributed by atoms with Crippen LogP contribution in [0.5, 0.6) is 11.5 Å². The second kappa shape index (κ2) is 7.03. The van der Waals surface area contributed by atoms with Gasteiger partial charge in [0.25, 0.3) is 0 Å². The topological polar surface area (TPSA) is 78.3 Å². The van der Waals surface area contributed by atoms with Crippen molar-refractivity contribution in [2.45, 2.75) is 19.3 Å². The molecule has 2 heterocycles. The summed E-state index contributed by atoms with van der Waals surface area (Å²) in [5.41, 5.74) is 4.04. The molecule has 0 spiro atoms. The SMILES string of the molecule is COc1ccc(CC(=O)Nc2nc3c(s2)CCc2c-3cnn2C)cc1OC. The van der Waals surface area contributed by atoms with Crippen molar-refractivity contribution in [1.82, 2.24) is 14.8 Å². The Bertz CT molecular complexity index is 1010. The van der Waals surface area contributed by atoms with Crippen LogP contribution in [0.1, 0.15) is 16.1 Å². The van der Waals surface area contributed by atoms with Crippen LogP contribution in [0.15, 0.2) is 24.4 Å². The van der Waals surface area contributed by atoms with Crippen molar-refractivity contribution in [2.24, 2.45) is 7.05 Å². The summed E-state index contributed by atoms with van der Waals surface area (Å²) >= 11 is 1.54. The zero-order chi connectivity index (χ0) is 19.0. The number of rotatable bonds is 5. The van der Waals surface area contributed by atoms with Crippen molar-refractivity contribution in [3.8, 4) is 22.8 Å². The van der Waals surface area contributed by atoms with E-state index in [0.717, 1.165) is 29.7 Å². The van der Waals surface area contributed by atoms with E-state index in [1.807, 2.05) is 30.1 Å². The summed E-state index contributed by atoms with van der Waals surface area (Å²) in [6.07, 6.45) is 3.95. The smallest absolute Gasteiger partial charge is 0.230 e. The van der Waals surface area contributed by atoms with Gasteiger partial charge < -0.3 is 14.8 Å². The highest BCUT2D eigenvalue weighted by atomic mass is 32.1. The molecule has 7 nitrogen and oxygen atoms in total. The number of methoxy groups -OCH3 is 2. The molecule has 4 rings (SSSR count). The number of aryl methyl sites for hydroxylation is 2. The van der Waals surface area contributed by atoms with Crippen molar-refractivity contribution in [3.05, 3.63) is 40.5 Å². The van der Waals surface area contributed by atoms with E-state index in [-0.39, 0.29) is 12.3 Å². The Morgan fingerprint density at radius 3 is 2.85 bits per heavy atom. The van der Waals surface area contributed by atoms with Gasteiger partial charge in [0.2, 0.25) is 5.91 Å². The molecule has 140 valence electrons. The van der Waals surface area contributed by atoms with Crippen molar-refractivity contribution < 1.29 is 14.3 Å². The lowest BCUT2D eigenvalue weighted by Crippen LogP contribution is -2.14. The van der Waals surface area contributed by atoms with Crippen molar-refractivity contribution in [2.75, 3.05) is 19.5 Å². The predicted octanol–water partition coefficient (Wildman–Crippen LogP) is 2.84. The molecule has 2 aromatic heterocycles. The Morgan fingerprint density at radius 2 is 2.07 bits per heavy atom. The molecule has 1 amide bonds. The fraction of sp³-hybridized carbons (Fsp3) is 0.316. The normalized spacial score (nSPS) is 12.3. The summed E-state index contributed by atoms with van der Waals surface area (Å²) in [6, 6.07) is 5.47. The van der Waals surface area contributed by atoms with E-state index >= 15 is 0 Å². The number of ether oxygens (including phenoxy) is 2. The standard InChI is InChI=1S/C19H20N4O3S/c1-23-13-5-7-16-18(12(13)10-20-23)22-19(27-16)21-17(24)9-11-4-6-14(25-2)15(8-11)26-3/h4,6,8,10H,5,7,9H2,1-3H3,(H,21,22,24). The quantitative estimate of drug-likeness (QED) is 0.732. The van der Waals surface area contributed by atoms with Gasteiger partial charge in [-0.3, -0.25) is 9.48 Å². The molecule has 8 heteroatoms. The zero-order valence-electron chi connectivity index (χ0n) is 15.4. The molecular formula is C19H20N4O3S. The third kappa shape index (κ3) is 3.28. The fourth-order valence-electron chi connectivity index (χ4n) is 3.31. The molecule has 0 saturated heterocycles. The summed E-state index contributed by atoms with van der Waals surface area (Å²) in [6.45, 7) is 0. The maximum atomic E-state index is 12.5.